The van der Waals surface area contributed by atoms with Gasteiger partial charge in [-0.15, -0.1) is 0 Å². The number of Topliss-reactive ketones (excluding diaryl/α,β-unsaturated/α-hetero) is 1. The molecule has 1 aromatic carbocycles. The summed E-state index contributed by atoms with van der Waals surface area (Å²) in [5, 5.41) is 0. The zero-order valence-electron chi connectivity index (χ0n) is 11.4. The van der Waals surface area contributed by atoms with E-state index in [2.05, 4.69) is 0 Å². The first kappa shape index (κ1) is 16.7. The second-order valence-electron chi connectivity index (χ2n) is 4.03. The van der Waals surface area contributed by atoms with Gasteiger partial charge in [0.15, 0.2) is 5.78 Å². The van der Waals surface area contributed by atoms with Crippen molar-refractivity contribution in [3.8, 4) is 0 Å². The van der Waals surface area contributed by atoms with Gasteiger partial charge >= 0.3 is 0 Å². The van der Waals surface area contributed by atoms with Crippen LogP contribution in [-0.4, -0.2) is 45.9 Å². The highest BCUT2D eigenvalue weighted by Gasteiger charge is 2.16. The molecule has 0 saturated heterocycles. The van der Waals surface area contributed by atoms with Crippen molar-refractivity contribution in [3.63, 3.8) is 0 Å². The lowest BCUT2D eigenvalue weighted by Crippen LogP contribution is -2.15. The number of benzene rings is 1. The maximum absolute atomic E-state index is 13.3. The van der Waals surface area contributed by atoms with Crippen LogP contribution in [0.5, 0.6) is 0 Å². The van der Waals surface area contributed by atoms with Crippen molar-refractivity contribution in [2.75, 3.05) is 40.1 Å². The van der Waals surface area contributed by atoms with Crippen molar-refractivity contribution in [2.45, 2.75) is 6.42 Å². The molecular formula is C14H18F2O4. The molecule has 0 fully saturated rings. The molecule has 0 aromatic heterocycles. The van der Waals surface area contributed by atoms with Gasteiger partial charge in [-0.25, -0.2) is 8.78 Å². The third-order valence-electron chi connectivity index (χ3n) is 2.48. The lowest BCUT2D eigenvalue weighted by molar-refractivity contribution is 0.0379. The van der Waals surface area contributed by atoms with Gasteiger partial charge < -0.3 is 14.2 Å². The molecule has 0 spiro atoms. The highest BCUT2D eigenvalue weighted by molar-refractivity contribution is 5.97. The number of hydrogen-bond donors (Lipinski definition) is 0. The molecule has 0 heterocycles. The summed E-state index contributed by atoms with van der Waals surface area (Å²) in [4.78, 5) is 11.6. The van der Waals surface area contributed by atoms with Crippen molar-refractivity contribution in [1.29, 1.82) is 0 Å². The molecule has 0 bridgehead atoms. The number of rotatable bonds is 10. The summed E-state index contributed by atoms with van der Waals surface area (Å²) in [5.41, 5.74) is -0.562. The summed E-state index contributed by atoms with van der Waals surface area (Å²) in [6.07, 6.45) is 0.774. The van der Waals surface area contributed by atoms with Crippen LogP contribution in [0.3, 0.4) is 0 Å². The maximum atomic E-state index is 13.3. The predicted octanol–water partition coefficient (Wildman–Crippen LogP) is 2.22. The number of ketones is 1. The van der Waals surface area contributed by atoms with Gasteiger partial charge in [0.1, 0.15) is 18.2 Å². The van der Waals surface area contributed by atoms with Crippen LogP contribution in [0.15, 0.2) is 18.2 Å². The lowest BCUT2D eigenvalue weighted by atomic mass is 10.1. The van der Waals surface area contributed by atoms with Crippen molar-refractivity contribution < 1.29 is 27.8 Å². The summed E-state index contributed by atoms with van der Waals surface area (Å²) in [5.74, 6) is -2.48. The van der Waals surface area contributed by atoms with Crippen LogP contribution in [0.4, 0.5) is 8.78 Å². The Morgan fingerprint density at radius 3 is 2.35 bits per heavy atom. The Bertz CT molecular complexity index is 403. The van der Waals surface area contributed by atoms with E-state index in [1.54, 1.807) is 7.11 Å². The first-order valence-corrected chi connectivity index (χ1v) is 6.28. The van der Waals surface area contributed by atoms with E-state index < -0.39 is 23.0 Å². The molecule has 20 heavy (non-hydrogen) atoms. The predicted molar refractivity (Wildman–Crippen MR) is 68.8 cm³/mol. The number of ether oxygens (including phenoxy) is 3. The average molecular weight is 288 g/mol. The van der Waals surface area contributed by atoms with E-state index in [1.807, 2.05) is 0 Å². The van der Waals surface area contributed by atoms with Gasteiger partial charge in [0.25, 0.3) is 0 Å². The van der Waals surface area contributed by atoms with Crippen molar-refractivity contribution in [2.24, 2.45) is 0 Å². The largest absolute Gasteiger partial charge is 0.385 e. The summed E-state index contributed by atoms with van der Waals surface area (Å²) < 4.78 is 41.7. The number of methoxy groups -OCH3 is 1. The standard InChI is InChI=1S/C14H18F2O4/c1-18-6-3-7-19-8-9-20-10-13(17)14-11(15)4-2-5-12(14)16/h2,4-5H,3,6-10H2,1H3. The topological polar surface area (TPSA) is 44.8 Å². The monoisotopic (exact) mass is 288 g/mol. The molecule has 0 unspecified atom stereocenters. The van der Waals surface area contributed by atoms with Crippen LogP contribution in [-0.2, 0) is 14.2 Å². The minimum absolute atomic E-state index is 0.189. The molecule has 4 nitrogen and oxygen atoms in total. The van der Waals surface area contributed by atoms with Crippen LogP contribution in [0.2, 0.25) is 0 Å². The maximum Gasteiger partial charge on any atom is 0.194 e. The van der Waals surface area contributed by atoms with E-state index in [0.717, 1.165) is 18.6 Å². The summed E-state index contributed by atoms with van der Waals surface area (Å²) in [6.45, 7) is 1.28. The van der Waals surface area contributed by atoms with Gasteiger partial charge in [-0.1, -0.05) is 6.07 Å². The Labute approximate surface area is 116 Å². The quantitative estimate of drug-likeness (QED) is 0.489. The molecule has 6 heteroatoms. The van der Waals surface area contributed by atoms with Crippen LogP contribution in [0.1, 0.15) is 16.8 Å². The Morgan fingerprint density at radius 1 is 1.05 bits per heavy atom. The fraction of sp³-hybridized carbons (Fsp3) is 0.500. The number of carbonyl (C=O) groups excluding carboxylic acids is 1. The fourth-order valence-electron chi connectivity index (χ4n) is 1.53. The third-order valence-corrected chi connectivity index (χ3v) is 2.48. The average Bonchev–Trinajstić information content (AvgIpc) is 2.41. The molecule has 112 valence electrons. The lowest BCUT2D eigenvalue weighted by Gasteiger charge is -2.06. The highest BCUT2D eigenvalue weighted by atomic mass is 19.1. The molecule has 0 N–H and O–H groups in total. The van der Waals surface area contributed by atoms with Crippen molar-refractivity contribution in [1.82, 2.24) is 0 Å². The van der Waals surface area contributed by atoms with E-state index in [-0.39, 0.29) is 13.2 Å². The van der Waals surface area contributed by atoms with Crippen molar-refractivity contribution in [3.05, 3.63) is 35.4 Å². The molecule has 0 aliphatic rings. The summed E-state index contributed by atoms with van der Waals surface area (Å²) >= 11 is 0. The minimum Gasteiger partial charge on any atom is -0.385 e. The SMILES string of the molecule is COCCCOCCOCC(=O)c1c(F)cccc1F. The Kier molecular flexibility index (Phi) is 7.94. The van der Waals surface area contributed by atoms with Gasteiger partial charge in [-0.2, -0.15) is 0 Å². The fourth-order valence-corrected chi connectivity index (χ4v) is 1.53. The third kappa shape index (κ3) is 5.73. The van der Waals surface area contributed by atoms with Gasteiger partial charge in [-0.05, 0) is 18.6 Å². The number of hydrogen-bond acceptors (Lipinski definition) is 4. The first-order valence-electron chi connectivity index (χ1n) is 6.28. The van der Waals surface area contributed by atoms with Crippen LogP contribution < -0.4 is 0 Å². The molecular weight excluding hydrogens is 270 g/mol. The molecule has 0 radical (unpaired) electrons. The van der Waals surface area contributed by atoms with Crippen LogP contribution in [0, 0.1) is 11.6 Å². The van der Waals surface area contributed by atoms with E-state index in [9.17, 15) is 13.6 Å². The van der Waals surface area contributed by atoms with Crippen LogP contribution >= 0.6 is 0 Å². The van der Waals surface area contributed by atoms with E-state index >= 15 is 0 Å². The number of carbonyl (C=O) groups is 1. The summed E-state index contributed by atoms with van der Waals surface area (Å²) in [7, 11) is 1.61. The molecule has 0 aliphatic heterocycles. The van der Waals surface area contributed by atoms with Gasteiger partial charge in [0, 0.05) is 20.3 Å². The van der Waals surface area contributed by atoms with Gasteiger partial charge in [-0.3, -0.25) is 4.79 Å². The second-order valence-corrected chi connectivity index (χ2v) is 4.03. The summed E-state index contributed by atoms with van der Waals surface area (Å²) in [6, 6.07) is 3.28. The molecule has 0 amide bonds. The van der Waals surface area contributed by atoms with Crippen molar-refractivity contribution >= 4 is 5.78 Å². The molecule has 0 atom stereocenters. The van der Waals surface area contributed by atoms with E-state index in [0.29, 0.717) is 19.8 Å². The van der Waals surface area contributed by atoms with Gasteiger partial charge in [0.05, 0.1) is 18.8 Å². The highest BCUT2D eigenvalue weighted by Crippen LogP contribution is 2.12. The normalized spacial score (nSPS) is 10.8. The Morgan fingerprint density at radius 2 is 1.70 bits per heavy atom. The smallest absolute Gasteiger partial charge is 0.194 e. The number of halogens is 2. The van der Waals surface area contributed by atoms with E-state index in [4.69, 9.17) is 14.2 Å². The van der Waals surface area contributed by atoms with Crippen LogP contribution in [0.25, 0.3) is 0 Å². The molecule has 1 rings (SSSR count). The second kappa shape index (κ2) is 9.52. The Hall–Kier alpha value is -1.37. The zero-order valence-corrected chi connectivity index (χ0v) is 11.4. The first-order chi connectivity index (χ1) is 9.66. The zero-order chi connectivity index (χ0) is 14.8. The minimum atomic E-state index is -0.880. The van der Waals surface area contributed by atoms with E-state index in [1.165, 1.54) is 6.07 Å². The van der Waals surface area contributed by atoms with Gasteiger partial charge in [0.2, 0.25) is 0 Å². The molecule has 1 aromatic rings. The Balaban J connectivity index is 2.21. The molecule has 0 saturated carbocycles. The molecule has 0 aliphatic carbocycles.